The molecule has 7 heteroatoms. The summed E-state index contributed by atoms with van der Waals surface area (Å²) in [7, 11) is 0. The van der Waals surface area contributed by atoms with Gasteiger partial charge in [-0.15, -0.1) is 0 Å². The zero-order valence-corrected chi connectivity index (χ0v) is 16.7. The van der Waals surface area contributed by atoms with E-state index in [4.69, 9.17) is 0 Å². The summed E-state index contributed by atoms with van der Waals surface area (Å²) in [5.74, 6) is 0.707. The first kappa shape index (κ1) is 20.7. The van der Waals surface area contributed by atoms with Crippen molar-refractivity contribution in [3.63, 3.8) is 0 Å². The van der Waals surface area contributed by atoms with Gasteiger partial charge in [-0.25, -0.2) is 4.99 Å². The van der Waals surface area contributed by atoms with Crippen LogP contribution in [-0.2, 0) is 10.4 Å². The molecule has 0 spiro atoms. The maximum Gasteiger partial charge on any atom is 0.221 e. The van der Waals surface area contributed by atoms with Gasteiger partial charge in [0.2, 0.25) is 5.91 Å². The van der Waals surface area contributed by atoms with Crippen molar-refractivity contribution in [1.82, 2.24) is 16.0 Å². The summed E-state index contributed by atoms with van der Waals surface area (Å²) in [6.07, 6.45) is 6.32. The molecule has 1 heterocycles. The summed E-state index contributed by atoms with van der Waals surface area (Å²) in [4.78, 5) is 16.5. The van der Waals surface area contributed by atoms with Crippen LogP contribution < -0.4 is 16.0 Å². The molecule has 6 nitrogen and oxygen atoms in total. The highest BCUT2D eigenvalue weighted by atomic mass is 32.1. The molecule has 1 fully saturated rings. The smallest absolute Gasteiger partial charge is 0.221 e. The number of hydrogen-bond donors (Lipinski definition) is 4. The maximum atomic E-state index is 12.1. The van der Waals surface area contributed by atoms with Crippen LogP contribution >= 0.6 is 11.3 Å². The molecule has 0 bridgehead atoms. The summed E-state index contributed by atoms with van der Waals surface area (Å²) in [6, 6.07) is 2.26. The number of nitrogens with one attached hydrogen (secondary N) is 3. The molecule has 4 N–H and O–H groups in total. The third-order valence-corrected chi connectivity index (χ3v) is 5.33. The van der Waals surface area contributed by atoms with Gasteiger partial charge in [-0.05, 0) is 49.1 Å². The lowest BCUT2D eigenvalue weighted by Gasteiger charge is -2.23. The predicted molar refractivity (Wildman–Crippen MR) is 108 cm³/mol. The van der Waals surface area contributed by atoms with Gasteiger partial charge < -0.3 is 21.1 Å². The van der Waals surface area contributed by atoms with Crippen LogP contribution in [0.1, 0.15) is 57.9 Å². The number of aliphatic hydroxyl groups is 1. The first-order valence-corrected chi connectivity index (χ1v) is 10.5. The Hall–Kier alpha value is -1.60. The molecule has 0 aliphatic heterocycles. The van der Waals surface area contributed by atoms with Crippen molar-refractivity contribution in [2.24, 2.45) is 4.99 Å². The molecule has 1 unspecified atom stereocenters. The summed E-state index contributed by atoms with van der Waals surface area (Å²) in [5, 5.41) is 23.9. The molecule has 1 amide bonds. The summed E-state index contributed by atoms with van der Waals surface area (Å²) >= 11 is 1.56. The Morgan fingerprint density at radius 2 is 2.12 bits per heavy atom. The quantitative estimate of drug-likeness (QED) is 0.412. The van der Waals surface area contributed by atoms with Crippen molar-refractivity contribution in [1.29, 1.82) is 0 Å². The zero-order chi connectivity index (χ0) is 18.8. The van der Waals surface area contributed by atoms with Gasteiger partial charge in [0, 0.05) is 25.6 Å². The number of thiophene rings is 1. The van der Waals surface area contributed by atoms with E-state index in [1.807, 2.05) is 23.8 Å². The molecule has 2 rings (SSSR count). The lowest BCUT2D eigenvalue weighted by molar-refractivity contribution is -0.121. The fourth-order valence-electron chi connectivity index (χ4n) is 3.08. The Kier molecular flexibility index (Phi) is 8.38. The van der Waals surface area contributed by atoms with E-state index in [2.05, 4.69) is 20.9 Å². The summed E-state index contributed by atoms with van der Waals surface area (Å²) < 4.78 is 0. The van der Waals surface area contributed by atoms with Crippen LogP contribution in [0.4, 0.5) is 0 Å². The van der Waals surface area contributed by atoms with E-state index in [0.29, 0.717) is 25.0 Å². The van der Waals surface area contributed by atoms with Gasteiger partial charge in [-0.3, -0.25) is 4.79 Å². The largest absolute Gasteiger partial charge is 0.383 e. The number of hydrogen-bond acceptors (Lipinski definition) is 4. The molecule has 1 saturated carbocycles. The second kappa shape index (κ2) is 10.5. The summed E-state index contributed by atoms with van der Waals surface area (Å²) in [5.41, 5.74) is -0.130. The van der Waals surface area contributed by atoms with E-state index in [1.54, 1.807) is 18.3 Å². The molecule has 0 aromatic carbocycles. The Morgan fingerprint density at radius 3 is 2.77 bits per heavy atom. The second-order valence-electron chi connectivity index (χ2n) is 7.06. The van der Waals surface area contributed by atoms with Gasteiger partial charge in [0.1, 0.15) is 5.60 Å². The van der Waals surface area contributed by atoms with E-state index in [1.165, 1.54) is 19.3 Å². The van der Waals surface area contributed by atoms with Crippen molar-refractivity contribution in [2.45, 2.75) is 64.0 Å². The topological polar surface area (TPSA) is 85.8 Å². The molecule has 1 aromatic rings. The first-order valence-electron chi connectivity index (χ1n) is 9.58. The van der Waals surface area contributed by atoms with Crippen molar-refractivity contribution in [2.75, 3.05) is 19.6 Å². The Labute approximate surface area is 160 Å². The van der Waals surface area contributed by atoms with Crippen LogP contribution in [0.2, 0.25) is 0 Å². The van der Waals surface area contributed by atoms with Crippen LogP contribution in [0.25, 0.3) is 0 Å². The van der Waals surface area contributed by atoms with Gasteiger partial charge in [-0.2, -0.15) is 11.3 Å². The molecule has 1 atom stereocenters. The number of guanidine groups is 1. The number of rotatable bonds is 8. The summed E-state index contributed by atoms with van der Waals surface area (Å²) in [6.45, 7) is 5.25. The normalized spacial score (nSPS) is 18.2. The predicted octanol–water partition coefficient (Wildman–Crippen LogP) is 2.35. The van der Waals surface area contributed by atoms with Crippen LogP contribution in [0.5, 0.6) is 0 Å². The van der Waals surface area contributed by atoms with E-state index in [0.717, 1.165) is 24.9 Å². The average Bonchev–Trinajstić information content (AvgIpc) is 3.16. The average molecular weight is 381 g/mol. The van der Waals surface area contributed by atoms with Gasteiger partial charge in [0.05, 0.1) is 6.54 Å². The minimum atomic E-state index is -0.999. The van der Waals surface area contributed by atoms with Crippen molar-refractivity contribution >= 4 is 23.2 Å². The van der Waals surface area contributed by atoms with Crippen LogP contribution in [0.3, 0.4) is 0 Å². The van der Waals surface area contributed by atoms with Gasteiger partial charge in [0.25, 0.3) is 0 Å². The molecule has 1 aliphatic carbocycles. The molecule has 1 aliphatic rings. The van der Waals surface area contributed by atoms with E-state index in [9.17, 15) is 9.90 Å². The Morgan fingerprint density at radius 1 is 1.35 bits per heavy atom. The van der Waals surface area contributed by atoms with Crippen LogP contribution in [0.15, 0.2) is 21.8 Å². The number of carbonyl (C=O) groups excluding carboxylic acids is 1. The van der Waals surface area contributed by atoms with Gasteiger partial charge in [0.15, 0.2) is 5.96 Å². The fraction of sp³-hybridized carbons (Fsp3) is 0.684. The number of amides is 1. The molecule has 26 heavy (non-hydrogen) atoms. The molecule has 1 aromatic heterocycles. The SMILES string of the molecule is CCNC(=NCC(C)(O)c1ccsc1)NCCC(=O)NC1CCCCC1. The highest BCUT2D eigenvalue weighted by Crippen LogP contribution is 2.23. The Bertz CT molecular complexity index is 566. The molecule has 146 valence electrons. The lowest BCUT2D eigenvalue weighted by atomic mass is 9.95. The Balaban J connectivity index is 1.77. The van der Waals surface area contributed by atoms with Gasteiger partial charge in [-0.1, -0.05) is 19.3 Å². The third kappa shape index (κ3) is 6.96. The third-order valence-electron chi connectivity index (χ3n) is 4.65. The standard InChI is InChI=1S/C19H32N4O2S/c1-3-20-18(22-14-19(2,25)15-10-12-26-13-15)21-11-9-17(24)23-16-7-5-4-6-8-16/h10,12-13,16,25H,3-9,11,14H2,1-2H3,(H,23,24)(H2,20,21,22). The molecular weight excluding hydrogens is 348 g/mol. The fourth-order valence-corrected chi connectivity index (χ4v) is 3.86. The number of carbonyl (C=O) groups is 1. The highest BCUT2D eigenvalue weighted by molar-refractivity contribution is 7.08. The van der Waals surface area contributed by atoms with E-state index in [-0.39, 0.29) is 12.5 Å². The maximum absolute atomic E-state index is 12.1. The highest BCUT2D eigenvalue weighted by Gasteiger charge is 2.23. The zero-order valence-electron chi connectivity index (χ0n) is 15.9. The van der Waals surface area contributed by atoms with Crippen molar-refractivity contribution < 1.29 is 9.90 Å². The molecule has 0 radical (unpaired) electrons. The van der Waals surface area contributed by atoms with Crippen molar-refractivity contribution in [3.05, 3.63) is 22.4 Å². The molecule has 0 saturated heterocycles. The molecular formula is C19H32N4O2S. The number of nitrogens with zero attached hydrogens (tertiary/aromatic N) is 1. The number of aliphatic imine (C=N–C) groups is 1. The van der Waals surface area contributed by atoms with E-state index < -0.39 is 5.60 Å². The monoisotopic (exact) mass is 380 g/mol. The van der Waals surface area contributed by atoms with Crippen LogP contribution in [0, 0.1) is 0 Å². The minimum absolute atomic E-state index is 0.0884. The second-order valence-corrected chi connectivity index (χ2v) is 7.84. The van der Waals surface area contributed by atoms with Crippen LogP contribution in [-0.4, -0.2) is 42.6 Å². The lowest BCUT2D eigenvalue weighted by Crippen LogP contribution is -2.42. The van der Waals surface area contributed by atoms with Crippen molar-refractivity contribution in [3.8, 4) is 0 Å². The minimum Gasteiger partial charge on any atom is -0.383 e. The van der Waals surface area contributed by atoms with Gasteiger partial charge >= 0.3 is 0 Å². The first-order chi connectivity index (χ1) is 12.5. The van der Waals surface area contributed by atoms with E-state index >= 15 is 0 Å².